The van der Waals surface area contributed by atoms with Gasteiger partial charge in [-0.15, -0.1) is 0 Å². The third kappa shape index (κ3) is 2.25. The molecular weight excluding hydrogens is 418 g/mol. The highest BCUT2D eigenvalue weighted by Crippen LogP contribution is 2.32. The molecule has 0 bridgehead atoms. The molecule has 0 saturated carbocycles. The SMILES string of the molecule is Cc1cn2cc(-c3nc4cn(PI)nc4s3)nc(C)c2n1. The highest BCUT2D eigenvalue weighted by atomic mass is 127. The van der Waals surface area contributed by atoms with Crippen LogP contribution in [-0.4, -0.2) is 28.9 Å². The molecule has 0 N–H and O–H groups in total. The van der Waals surface area contributed by atoms with Crippen molar-refractivity contribution in [2.45, 2.75) is 13.8 Å². The molecule has 0 amide bonds. The van der Waals surface area contributed by atoms with Gasteiger partial charge in [-0.1, -0.05) is 11.3 Å². The Morgan fingerprint density at radius 2 is 2.00 bits per heavy atom. The Morgan fingerprint density at radius 1 is 1.14 bits per heavy atom. The highest BCUT2D eigenvalue weighted by Gasteiger charge is 2.13. The van der Waals surface area contributed by atoms with Crippen molar-refractivity contribution >= 4 is 55.7 Å². The van der Waals surface area contributed by atoms with Gasteiger partial charge in [-0.2, -0.15) is 5.10 Å². The fourth-order valence-corrected chi connectivity index (χ4v) is 4.24. The molecule has 0 aromatic carbocycles. The predicted molar refractivity (Wildman–Crippen MR) is 94.6 cm³/mol. The second kappa shape index (κ2) is 4.96. The molecule has 0 fully saturated rings. The van der Waals surface area contributed by atoms with Crippen LogP contribution in [0.15, 0.2) is 18.6 Å². The summed E-state index contributed by atoms with van der Waals surface area (Å²) in [5, 5.41) is 5.39. The molecule has 0 aliphatic carbocycles. The highest BCUT2D eigenvalue weighted by molar-refractivity contribution is 14.2. The van der Waals surface area contributed by atoms with Crippen LogP contribution in [0.5, 0.6) is 0 Å². The number of halogens is 1. The Labute approximate surface area is 139 Å². The summed E-state index contributed by atoms with van der Waals surface area (Å²) in [6, 6.07) is 0. The van der Waals surface area contributed by atoms with E-state index in [4.69, 9.17) is 0 Å². The lowest BCUT2D eigenvalue weighted by Crippen LogP contribution is -1.94. The maximum absolute atomic E-state index is 4.65. The van der Waals surface area contributed by atoms with Crippen LogP contribution in [0.1, 0.15) is 11.4 Å². The van der Waals surface area contributed by atoms with E-state index in [2.05, 4.69) is 42.1 Å². The van der Waals surface area contributed by atoms with Gasteiger partial charge in [0, 0.05) is 12.4 Å². The van der Waals surface area contributed by atoms with Crippen LogP contribution in [0.2, 0.25) is 0 Å². The fourth-order valence-electron chi connectivity index (χ4n) is 2.25. The van der Waals surface area contributed by atoms with Gasteiger partial charge in [0.05, 0.1) is 24.0 Å². The molecule has 0 aliphatic heterocycles. The maximum Gasteiger partial charge on any atom is 0.166 e. The van der Waals surface area contributed by atoms with E-state index in [1.54, 1.807) is 11.3 Å². The number of imidazole rings is 1. The smallest absolute Gasteiger partial charge is 0.166 e. The molecule has 1 atom stereocenters. The predicted octanol–water partition coefficient (Wildman–Crippen LogP) is 3.61. The first-order valence-electron chi connectivity index (χ1n) is 6.20. The third-order valence-corrected chi connectivity index (χ3v) is 5.97. The third-order valence-electron chi connectivity index (χ3n) is 3.11. The van der Waals surface area contributed by atoms with Gasteiger partial charge in [-0.3, -0.25) is 0 Å². The Bertz CT molecular complexity index is 940. The number of hydrogen-bond acceptors (Lipinski definition) is 5. The van der Waals surface area contributed by atoms with Crippen LogP contribution >= 0.6 is 39.8 Å². The van der Waals surface area contributed by atoms with Crippen LogP contribution < -0.4 is 0 Å². The fraction of sp³-hybridized carbons (Fsp3) is 0.167. The molecule has 106 valence electrons. The number of nitrogens with zero attached hydrogens (tertiary/aromatic N) is 6. The zero-order chi connectivity index (χ0) is 14.6. The maximum atomic E-state index is 4.65. The van der Waals surface area contributed by atoms with Crippen molar-refractivity contribution in [2.75, 3.05) is 0 Å². The molecule has 4 heterocycles. The van der Waals surface area contributed by atoms with Gasteiger partial charge in [0.1, 0.15) is 16.2 Å². The van der Waals surface area contributed by atoms with Crippen molar-refractivity contribution in [3.8, 4) is 10.7 Å². The quantitative estimate of drug-likeness (QED) is 0.362. The summed E-state index contributed by atoms with van der Waals surface area (Å²) in [4.78, 5) is 14.7. The van der Waals surface area contributed by atoms with Gasteiger partial charge in [0.25, 0.3) is 0 Å². The summed E-state index contributed by atoms with van der Waals surface area (Å²) < 4.78 is 3.93. The monoisotopic (exact) mass is 428 g/mol. The molecule has 0 radical (unpaired) electrons. The minimum atomic E-state index is 0.596. The van der Waals surface area contributed by atoms with E-state index in [0.717, 1.165) is 38.1 Å². The molecule has 0 aliphatic rings. The summed E-state index contributed by atoms with van der Waals surface area (Å²) >= 11 is 3.88. The van der Waals surface area contributed by atoms with Gasteiger partial charge in [-0.05, 0) is 35.9 Å². The molecule has 0 saturated heterocycles. The summed E-state index contributed by atoms with van der Waals surface area (Å²) in [6.07, 6.45) is 6.56. The Morgan fingerprint density at radius 3 is 2.76 bits per heavy atom. The van der Waals surface area contributed by atoms with Crippen molar-refractivity contribution < 1.29 is 0 Å². The van der Waals surface area contributed by atoms with Crippen molar-refractivity contribution in [1.82, 2.24) is 28.9 Å². The van der Waals surface area contributed by atoms with Gasteiger partial charge in [-0.25, -0.2) is 19.4 Å². The van der Waals surface area contributed by atoms with E-state index >= 15 is 0 Å². The molecule has 1 unspecified atom stereocenters. The first kappa shape index (κ1) is 13.5. The van der Waals surface area contributed by atoms with E-state index in [1.165, 1.54) is 0 Å². The molecule has 21 heavy (non-hydrogen) atoms. The minimum absolute atomic E-state index is 0.596. The van der Waals surface area contributed by atoms with Crippen molar-refractivity contribution in [1.29, 1.82) is 0 Å². The largest absolute Gasteiger partial charge is 0.303 e. The Balaban J connectivity index is 1.88. The second-order valence-corrected chi connectivity index (χ2v) is 7.74. The first-order valence-corrected chi connectivity index (χ1v) is 11.1. The lowest BCUT2D eigenvalue weighted by molar-refractivity contribution is 1.04. The van der Waals surface area contributed by atoms with E-state index in [-0.39, 0.29) is 0 Å². The van der Waals surface area contributed by atoms with Crippen LogP contribution in [0.3, 0.4) is 0 Å². The summed E-state index contributed by atoms with van der Waals surface area (Å²) in [5.41, 5.74) is 4.59. The molecular formula is C12H10IN6PS. The standard InChI is InChI=1S/C12H10IN6PS/c1-6-3-18-4-8(15-7(2)10(18)14-6)11-16-9-5-19(20-13)17-12(9)21-11/h3-5,20H,1-2H3. The van der Waals surface area contributed by atoms with E-state index < -0.39 is 0 Å². The van der Waals surface area contributed by atoms with Crippen molar-refractivity contribution in [3.63, 3.8) is 0 Å². The number of rotatable bonds is 2. The van der Waals surface area contributed by atoms with E-state index in [0.29, 0.717) is 6.37 Å². The topological polar surface area (TPSA) is 60.9 Å². The van der Waals surface area contributed by atoms with Gasteiger partial charge >= 0.3 is 0 Å². The van der Waals surface area contributed by atoms with Crippen molar-refractivity contribution in [2.24, 2.45) is 0 Å². The number of aryl methyl sites for hydroxylation is 2. The van der Waals surface area contributed by atoms with Crippen molar-refractivity contribution in [3.05, 3.63) is 30.0 Å². The number of hydrogen-bond donors (Lipinski definition) is 0. The summed E-state index contributed by atoms with van der Waals surface area (Å²) in [5.74, 6) is 0. The second-order valence-electron chi connectivity index (χ2n) is 4.69. The van der Waals surface area contributed by atoms with Crippen LogP contribution in [0.25, 0.3) is 26.7 Å². The van der Waals surface area contributed by atoms with E-state index in [1.807, 2.05) is 41.3 Å². The zero-order valence-electron chi connectivity index (χ0n) is 11.2. The van der Waals surface area contributed by atoms with Crippen LogP contribution in [0, 0.1) is 13.8 Å². The Kier molecular flexibility index (Phi) is 3.20. The zero-order valence-corrected chi connectivity index (χ0v) is 15.2. The molecule has 4 rings (SSSR count). The van der Waals surface area contributed by atoms with E-state index in [9.17, 15) is 0 Å². The molecule has 6 nitrogen and oxygen atoms in total. The lowest BCUT2D eigenvalue weighted by atomic mass is 10.4. The Hall–Kier alpha value is -1.12. The molecule has 0 spiro atoms. The first-order chi connectivity index (χ1) is 10.1. The number of fused-ring (bicyclic) bond motifs is 2. The minimum Gasteiger partial charge on any atom is -0.303 e. The molecule has 4 aromatic rings. The van der Waals surface area contributed by atoms with Gasteiger partial charge in [0.15, 0.2) is 10.5 Å². The van der Waals surface area contributed by atoms with Gasteiger partial charge in [0.2, 0.25) is 0 Å². The van der Waals surface area contributed by atoms with Crippen LogP contribution in [-0.2, 0) is 0 Å². The molecule has 9 heteroatoms. The number of aromatic nitrogens is 6. The van der Waals surface area contributed by atoms with Crippen LogP contribution in [0.4, 0.5) is 0 Å². The average molecular weight is 428 g/mol. The number of thiazole rings is 1. The lowest BCUT2D eigenvalue weighted by Gasteiger charge is -2.01. The summed E-state index contributed by atoms with van der Waals surface area (Å²) in [6.45, 7) is 3.96. The van der Waals surface area contributed by atoms with Gasteiger partial charge < -0.3 is 4.40 Å². The molecule has 4 aromatic heterocycles. The summed E-state index contributed by atoms with van der Waals surface area (Å²) in [7, 11) is 0. The normalized spacial score (nSPS) is 12.3. The average Bonchev–Trinajstić information content (AvgIpc) is 3.09.